The summed E-state index contributed by atoms with van der Waals surface area (Å²) in [4.78, 5) is 28.7. The Morgan fingerprint density at radius 3 is 2.30 bits per heavy atom. The highest BCUT2D eigenvalue weighted by Crippen LogP contribution is 2.18. The summed E-state index contributed by atoms with van der Waals surface area (Å²) >= 11 is 6.09. The Morgan fingerprint density at radius 2 is 1.62 bits per heavy atom. The van der Waals surface area contributed by atoms with Crippen molar-refractivity contribution in [1.29, 1.82) is 0 Å². The van der Waals surface area contributed by atoms with Gasteiger partial charge in [0, 0.05) is 31.0 Å². The summed E-state index contributed by atoms with van der Waals surface area (Å²) in [5.74, 6) is 0.581. The van der Waals surface area contributed by atoms with Gasteiger partial charge in [-0.15, -0.1) is 0 Å². The van der Waals surface area contributed by atoms with E-state index < -0.39 is 6.04 Å². The second-order valence-corrected chi connectivity index (χ2v) is 9.70. The van der Waals surface area contributed by atoms with Gasteiger partial charge >= 0.3 is 0 Å². The number of carbonyl (C=O) groups excluding carboxylic acids is 2. The van der Waals surface area contributed by atoms with Crippen molar-refractivity contribution in [2.45, 2.75) is 58.5 Å². The van der Waals surface area contributed by atoms with Gasteiger partial charge in [-0.3, -0.25) is 9.59 Å². The number of ether oxygens (including phenoxy) is 1. The van der Waals surface area contributed by atoms with E-state index in [2.05, 4.69) is 12.2 Å². The van der Waals surface area contributed by atoms with Crippen LogP contribution in [0.1, 0.15) is 49.3 Å². The molecule has 0 unspecified atom stereocenters. The van der Waals surface area contributed by atoms with Crippen molar-refractivity contribution < 1.29 is 14.3 Å². The first-order valence-corrected chi connectivity index (χ1v) is 13.4. The van der Waals surface area contributed by atoms with Crippen LogP contribution in [0.15, 0.2) is 78.9 Å². The first-order valence-electron chi connectivity index (χ1n) is 13.0. The third-order valence-electron chi connectivity index (χ3n) is 6.19. The molecule has 1 atom stereocenters. The molecule has 0 saturated heterocycles. The van der Waals surface area contributed by atoms with Crippen LogP contribution in [0, 0.1) is 6.92 Å². The van der Waals surface area contributed by atoms with Crippen LogP contribution in [0.5, 0.6) is 5.75 Å². The number of nitrogens with zero attached hydrogens (tertiary/aromatic N) is 1. The Kier molecular flexibility index (Phi) is 11.5. The highest BCUT2D eigenvalue weighted by Gasteiger charge is 2.30. The molecule has 3 aromatic carbocycles. The molecular weight excluding hydrogens is 484 g/mol. The van der Waals surface area contributed by atoms with E-state index in [1.165, 1.54) is 5.56 Å². The number of halogens is 1. The normalized spacial score (nSPS) is 11.5. The maximum absolute atomic E-state index is 13.6. The molecule has 3 rings (SSSR count). The smallest absolute Gasteiger partial charge is 0.243 e. The van der Waals surface area contributed by atoms with E-state index in [4.69, 9.17) is 16.3 Å². The van der Waals surface area contributed by atoms with Crippen LogP contribution in [0.25, 0.3) is 0 Å². The number of amides is 2. The summed E-state index contributed by atoms with van der Waals surface area (Å²) in [7, 11) is 0. The molecule has 1 N–H and O–H groups in total. The largest absolute Gasteiger partial charge is 0.494 e. The monoisotopic (exact) mass is 520 g/mol. The first-order chi connectivity index (χ1) is 18.0. The molecule has 6 heteroatoms. The summed E-state index contributed by atoms with van der Waals surface area (Å²) in [6.45, 7) is 5.46. The van der Waals surface area contributed by atoms with E-state index in [1.807, 2.05) is 85.8 Å². The molecule has 37 heavy (non-hydrogen) atoms. The average Bonchev–Trinajstić information content (AvgIpc) is 2.91. The molecule has 5 nitrogen and oxygen atoms in total. The average molecular weight is 521 g/mol. The molecule has 3 aromatic rings. The lowest BCUT2D eigenvalue weighted by Crippen LogP contribution is -2.50. The van der Waals surface area contributed by atoms with Gasteiger partial charge in [-0.2, -0.15) is 0 Å². The van der Waals surface area contributed by atoms with Crippen molar-refractivity contribution in [2.75, 3.05) is 13.2 Å². The third-order valence-corrected chi connectivity index (χ3v) is 6.44. The Morgan fingerprint density at radius 1 is 0.919 bits per heavy atom. The number of carbonyl (C=O) groups is 2. The number of unbranched alkanes of at least 4 members (excludes halogenated alkanes) is 1. The number of aryl methyl sites for hydroxylation is 1. The van der Waals surface area contributed by atoms with Gasteiger partial charge in [0.2, 0.25) is 11.8 Å². The van der Waals surface area contributed by atoms with Crippen LogP contribution in [0.4, 0.5) is 0 Å². The fourth-order valence-electron chi connectivity index (χ4n) is 4.04. The van der Waals surface area contributed by atoms with E-state index >= 15 is 0 Å². The van der Waals surface area contributed by atoms with Crippen LogP contribution in [-0.4, -0.2) is 35.9 Å². The maximum Gasteiger partial charge on any atom is 0.243 e. The molecule has 0 bridgehead atoms. The van der Waals surface area contributed by atoms with Gasteiger partial charge < -0.3 is 15.0 Å². The summed E-state index contributed by atoms with van der Waals surface area (Å²) in [6, 6.07) is 24.5. The van der Waals surface area contributed by atoms with Gasteiger partial charge in [-0.05, 0) is 55.2 Å². The second-order valence-electron chi connectivity index (χ2n) is 9.26. The van der Waals surface area contributed by atoms with Crippen molar-refractivity contribution >= 4 is 23.4 Å². The van der Waals surface area contributed by atoms with E-state index in [-0.39, 0.29) is 18.2 Å². The standard InChI is InChI=1S/C31H37ClN2O3/c1-3-4-20-33-31(36)29(22-25-9-6-5-7-10-25)34(23-26-14-16-27(32)17-15-26)30(35)11-8-21-37-28-18-12-24(2)13-19-28/h5-7,9-10,12-19,29H,3-4,8,11,20-23H2,1-2H3,(H,33,36)/t29-/m0/s1. The zero-order valence-corrected chi connectivity index (χ0v) is 22.5. The Bertz CT molecular complexity index is 1100. The van der Waals surface area contributed by atoms with E-state index in [0.717, 1.165) is 29.7 Å². The van der Waals surface area contributed by atoms with E-state index in [1.54, 1.807) is 4.90 Å². The molecule has 0 aliphatic carbocycles. The van der Waals surface area contributed by atoms with Crippen LogP contribution in [0.2, 0.25) is 5.02 Å². The maximum atomic E-state index is 13.6. The van der Waals surface area contributed by atoms with Crippen molar-refractivity contribution in [3.05, 3.63) is 101 Å². The summed E-state index contributed by atoms with van der Waals surface area (Å²) in [6.07, 6.45) is 3.16. The van der Waals surface area contributed by atoms with Crippen LogP contribution in [-0.2, 0) is 22.6 Å². The van der Waals surface area contributed by atoms with E-state index in [0.29, 0.717) is 37.6 Å². The van der Waals surface area contributed by atoms with Crippen LogP contribution >= 0.6 is 11.6 Å². The number of benzene rings is 3. The predicted molar refractivity (Wildman–Crippen MR) is 150 cm³/mol. The predicted octanol–water partition coefficient (Wildman–Crippen LogP) is 6.36. The van der Waals surface area contributed by atoms with Gasteiger partial charge in [-0.1, -0.05) is 85.1 Å². The highest BCUT2D eigenvalue weighted by atomic mass is 35.5. The minimum Gasteiger partial charge on any atom is -0.494 e. The molecule has 0 fully saturated rings. The number of hydrogen-bond acceptors (Lipinski definition) is 3. The lowest BCUT2D eigenvalue weighted by Gasteiger charge is -2.31. The third kappa shape index (κ3) is 9.58. The summed E-state index contributed by atoms with van der Waals surface area (Å²) in [5, 5.41) is 3.68. The topological polar surface area (TPSA) is 58.6 Å². The lowest BCUT2D eigenvalue weighted by atomic mass is 10.0. The van der Waals surface area contributed by atoms with Crippen molar-refractivity contribution in [1.82, 2.24) is 10.2 Å². The number of nitrogens with one attached hydrogen (secondary N) is 1. The fourth-order valence-corrected chi connectivity index (χ4v) is 4.16. The molecule has 0 radical (unpaired) electrons. The molecule has 0 spiro atoms. The van der Waals surface area contributed by atoms with Gasteiger partial charge in [0.1, 0.15) is 11.8 Å². The molecular formula is C31H37ClN2O3. The van der Waals surface area contributed by atoms with Gasteiger partial charge in [0.15, 0.2) is 0 Å². The number of hydrogen-bond donors (Lipinski definition) is 1. The molecule has 2 amide bonds. The van der Waals surface area contributed by atoms with Crippen molar-refractivity contribution in [2.24, 2.45) is 0 Å². The van der Waals surface area contributed by atoms with Crippen molar-refractivity contribution in [3.8, 4) is 5.75 Å². The molecule has 196 valence electrons. The van der Waals surface area contributed by atoms with Gasteiger partial charge in [-0.25, -0.2) is 0 Å². The zero-order valence-electron chi connectivity index (χ0n) is 21.8. The van der Waals surface area contributed by atoms with Gasteiger partial charge in [0.25, 0.3) is 0 Å². The Hall–Kier alpha value is -3.31. The molecule has 0 saturated carbocycles. The quantitative estimate of drug-likeness (QED) is 0.251. The highest BCUT2D eigenvalue weighted by molar-refractivity contribution is 6.30. The van der Waals surface area contributed by atoms with Gasteiger partial charge in [0.05, 0.1) is 6.61 Å². The summed E-state index contributed by atoms with van der Waals surface area (Å²) in [5.41, 5.74) is 3.10. The zero-order chi connectivity index (χ0) is 26.5. The second kappa shape index (κ2) is 15.1. The molecule has 0 aliphatic rings. The Balaban J connectivity index is 1.76. The SMILES string of the molecule is CCCCNC(=O)[C@H](Cc1ccccc1)N(Cc1ccc(Cl)cc1)C(=O)CCCOc1ccc(C)cc1. The molecule has 0 heterocycles. The molecule has 0 aromatic heterocycles. The Labute approximate surface area is 225 Å². The number of rotatable bonds is 14. The minimum atomic E-state index is -0.625. The summed E-state index contributed by atoms with van der Waals surface area (Å²) < 4.78 is 5.83. The van der Waals surface area contributed by atoms with Crippen LogP contribution < -0.4 is 10.1 Å². The van der Waals surface area contributed by atoms with Crippen LogP contribution in [0.3, 0.4) is 0 Å². The molecule has 0 aliphatic heterocycles. The first kappa shape index (κ1) is 28.3. The van der Waals surface area contributed by atoms with E-state index in [9.17, 15) is 9.59 Å². The minimum absolute atomic E-state index is 0.0750. The lowest BCUT2D eigenvalue weighted by molar-refractivity contribution is -0.141. The van der Waals surface area contributed by atoms with Crippen molar-refractivity contribution in [3.63, 3.8) is 0 Å². The fraction of sp³-hybridized carbons (Fsp3) is 0.355.